The number of hydrogen-bond donors (Lipinski definition) is 0. The number of imide groups is 1. The lowest BCUT2D eigenvalue weighted by Gasteiger charge is -2.54. The Morgan fingerprint density at radius 2 is 1.52 bits per heavy atom. The van der Waals surface area contributed by atoms with E-state index in [2.05, 4.69) is 31.2 Å². The molecule has 3 nitrogen and oxygen atoms in total. The highest BCUT2D eigenvalue weighted by molar-refractivity contribution is 6.32. The summed E-state index contributed by atoms with van der Waals surface area (Å²) in [4.78, 5) is 29.3. The fraction of sp³-hybridized carbons (Fsp3) is 0.259. The summed E-state index contributed by atoms with van der Waals surface area (Å²) in [5, 5.41) is 0.563. The first-order chi connectivity index (χ1) is 15.0. The van der Waals surface area contributed by atoms with Gasteiger partial charge in [-0.1, -0.05) is 73.1 Å². The highest BCUT2D eigenvalue weighted by Gasteiger charge is 2.67. The van der Waals surface area contributed by atoms with Crippen LogP contribution >= 0.6 is 11.6 Å². The molecule has 4 heteroatoms. The van der Waals surface area contributed by atoms with Crippen molar-refractivity contribution in [1.29, 1.82) is 0 Å². The van der Waals surface area contributed by atoms with E-state index in [1.54, 1.807) is 6.07 Å². The second kappa shape index (κ2) is 6.30. The van der Waals surface area contributed by atoms with Gasteiger partial charge in [-0.15, -0.1) is 0 Å². The van der Waals surface area contributed by atoms with E-state index >= 15 is 0 Å². The lowest BCUT2D eigenvalue weighted by atomic mass is 9.46. The number of carbonyl (C=O) groups excluding carboxylic acids is 2. The third-order valence-electron chi connectivity index (χ3n) is 7.77. The summed E-state index contributed by atoms with van der Waals surface area (Å²) < 4.78 is 0. The summed E-state index contributed by atoms with van der Waals surface area (Å²) in [6, 6.07) is 22.2. The Morgan fingerprint density at radius 3 is 2.10 bits per heavy atom. The summed E-state index contributed by atoms with van der Waals surface area (Å²) in [7, 11) is 0. The standard InChI is InChI=1S/C27H22ClNO2/c1-3-27-19-10-6-4-8-17(19)22(18-9-5-7-11-20(18)27)23-24(27)26(31)29(25(23)30)16-13-12-15(2)21(28)14-16/h4-14,22-24H,3H2,1-2H3/t22?,23-,24-,27?/m0/s1. The SMILES string of the molecule is CCC12c3ccccc3C(c3ccccc31)[C@@H]1C(=O)N(c3ccc(C)c(Cl)c3)C(=O)[C@H]12. The number of amides is 2. The van der Waals surface area contributed by atoms with Gasteiger partial charge in [-0.25, -0.2) is 4.90 Å². The minimum absolute atomic E-state index is 0.104. The second-order valence-electron chi connectivity index (χ2n) is 8.93. The molecule has 3 aliphatic carbocycles. The van der Waals surface area contributed by atoms with Gasteiger partial charge in [-0.2, -0.15) is 0 Å². The molecular weight excluding hydrogens is 406 g/mol. The summed E-state index contributed by atoms with van der Waals surface area (Å²) in [6.45, 7) is 4.05. The second-order valence-corrected chi connectivity index (χ2v) is 9.33. The van der Waals surface area contributed by atoms with Crippen molar-refractivity contribution in [2.75, 3.05) is 4.90 Å². The number of aryl methyl sites for hydroxylation is 1. The molecule has 1 heterocycles. The van der Waals surface area contributed by atoms with Crippen LogP contribution < -0.4 is 4.90 Å². The molecule has 4 aliphatic rings. The van der Waals surface area contributed by atoms with Gasteiger partial charge in [-0.3, -0.25) is 9.59 Å². The molecule has 2 amide bonds. The lowest BCUT2D eigenvalue weighted by Crippen LogP contribution is -2.53. The van der Waals surface area contributed by atoms with Crippen molar-refractivity contribution in [3.05, 3.63) is 99.6 Å². The number of carbonyl (C=O) groups is 2. The lowest BCUT2D eigenvalue weighted by molar-refractivity contribution is -0.123. The van der Waals surface area contributed by atoms with E-state index in [1.165, 1.54) is 27.2 Å². The average molecular weight is 428 g/mol. The van der Waals surface area contributed by atoms with Gasteiger partial charge in [0, 0.05) is 16.4 Å². The molecule has 7 rings (SSSR count). The van der Waals surface area contributed by atoms with Gasteiger partial charge in [0.15, 0.2) is 0 Å². The van der Waals surface area contributed by atoms with Crippen LogP contribution in [0.25, 0.3) is 0 Å². The van der Waals surface area contributed by atoms with Crippen molar-refractivity contribution < 1.29 is 9.59 Å². The molecule has 154 valence electrons. The first kappa shape index (κ1) is 18.8. The van der Waals surface area contributed by atoms with Crippen LogP contribution in [0.2, 0.25) is 5.02 Å². The number of halogens is 1. The topological polar surface area (TPSA) is 37.4 Å². The predicted molar refractivity (Wildman–Crippen MR) is 121 cm³/mol. The Bertz CT molecular complexity index is 1230. The van der Waals surface area contributed by atoms with Gasteiger partial charge in [0.2, 0.25) is 11.8 Å². The maximum absolute atomic E-state index is 14.0. The number of benzene rings is 3. The maximum atomic E-state index is 14.0. The molecule has 31 heavy (non-hydrogen) atoms. The van der Waals surface area contributed by atoms with Crippen molar-refractivity contribution >= 4 is 29.1 Å². The molecule has 2 bridgehead atoms. The Labute approximate surface area is 186 Å². The zero-order chi connectivity index (χ0) is 21.5. The van der Waals surface area contributed by atoms with Crippen molar-refractivity contribution in [1.82, 2.24) is 0 Å². The molecular formula is C27H22ClNO2. The van der Waals surface area contributed by atoms with E-state index in [0.29, 0.717) is 10.7 Å². The van der Waals surface area contributed by atoms with Gasteiger partial charge in [0.25, 0.3) is 0 Å². The molecule has 1 aliphatic heterocycles. The molecule has 3 aromatic rings. The highest BCUT2D eigenvalue weighted by Crippen LogP contribution is 2.65. The average Bonchev–Trinajstić information content (AvgIpc) is 3.07. The van der Waals surface area contributed by atoms with Gasteiger partial charge >= 0.3 is 0 Å². The van der Waals surface area contributed by atoms with Crippen molar-refractivity contribution in [3.8, 4) is 0 Å². The molecule has 0 unspecified atom stereocenters. The highest BCUT2D eigenvalue weighted by atomic mass is 35.5. The molecule has 2 atom stereocenters. The van der Waals surface area contributed by atoms with Crippen LogP contribution in [-0.2, 0) is 15.0 Å². The smallest absolute Gasteiger partial charge is 0.238 e. The minimum Gasteiger partial charge on any atom is -0.274 e. The third-order valence-corrected chi connectivity index (χ3v) is 8.17. The molecule has 0 radical (unpaired) electrons. The first-order valence-corrected chi connectivity index (χ1v) is 11.2. The van der Waals surface area contributed by atoms with E-state index in [0.717, 1.165) is 12.0 Å². The summed E-state index contributed by atoms with van der Waals surface area (Å²) in [5.74, 6) is -1.11. The van der Waals surface area contributed by atoms with Crippen LogP contribution in [0.3, 0.4) is 0 Å². The van der Waals surface area contributed by atoms with E-state index < -0.39 is 17.3 Å². The normalized spacial score (nSPS) is 27.8. The number of nitrogens with zero attached hydrogens (tertiary/aromatic N) is 1. The van der Waals surface area contributed by atoms with Crippen LogP contribution in [0.5, 0.6) is 0 Å². The quantitative estimate of drug-likeness (QED) is 0.498. The summed E-state index contributed by atoms with van der Waals surface area (Å²) >= 11 is 6.36. The zero-order valence-electron chi connectivity index (χ0n) is 17.4. The van der Waals surface area contributed by atoms with Crippen LogP contribution in [-0.4, -0.2) is 11.8 Å². The fourth-order valence-corrected chi connectivity index (χ4v) is 6.68. The Hall–Kier alpha value is -2.91. The van der Waals surface area contributed by atoms with Gasteiger partial charge in [-0.05, 0) is 53.3 Å². The van der Waals surface area contributed by atoms with E-state index in [-0.39, 0.29) is 17.7 Å². The Balaban J connectivity index is 1.62. The maximum Gasteiger partial charge on any atom is 0.238 e. The molecule has 1 saturated heterocycles. The summed E-state index contributed by atoms with van der Waals surface area (Å²) in [6.07, 6.45) is 0.760. The third kappa shape index (κ3) is 2.15. The van der Waals surface area contributed by atoms with Gasteiger partial charge in [0.05, 0.1) is 17.5 Å². The summed E-state index contributed by atoms with van der Waals surface area (Å²) in [5.41, 5.74) is 5.77. The van der Waals surface area contributed by atoms with Crippen LogP contribution in [0.4, 0.5) is 5.69 Å². The monoisotopic (exact) mass is 427 g/mol. The predicted octanol–water partition coefficient (Wildman–Crippen LogP) is 5.61. The number of hydrogen-bond acceptors (Lipinski definition) is 2. The Kier molecular flexibility index (Phi) is 3.83. The van der Waals surface area contributed by atoms with Crippen molar-refractivity contribution in [2.45, 2.75) is 31.6 Å². The van der Waals surface area contributed by atoms with E-state index in [4.69, 9.17) is 11.6 Å². The molecule has 0 aromatic heterocycles. The molecule has 3 aromatic carbocycles. The first-order valence-electron chi connectivity index (χ1n) is 10.8. The largest absolute Gasteiger partial charge is 0.274 e. The number of anilines is 1. The van der Waals surface area contributed by atoms with Crippen molar-refractivity contribution in [2.24, 2.45) is 11.8 Å². The molecule has 0 spiro atoms. The zero-order valence-corrected chi connectivity index (χ0v) is 18.2. The molecule has 0 N–H and O–H groups in total. The van der Waals surface area contributed by atoms with Crippen LogP contribution in [0.1, 0.15) is 47.1 Å². The van der Waals surface area contributed by atoms with Crippen molar-refractivity contribution in [3.63, 3.8) is 0 Å². The van der Waals surface area contributed by atoms with Crippen LogP contribution in [0, 0.1) is 18.8 Å². The fourth-order valence-electron chi connectivity index (χ4n) is 6.50. The van der Waals surface area contributed by atoms with Gasteiger partial charge < -0.3 is 0 Å². The number of rotatable bonds is 2. The van der Waals surface area contributed by atoms with Crippen LogP contribution in [0.15, 0.2) is 66.7 Å². The molecule has 0 saturated carbocycles. The Morgan fingerprint density at radius 1 is 0.903 bits per heavy atom. The van der Waals surface area contributed by atoms with E-state index in [9.17, 15) is 9.59 Å². The minimum atomic E-state index is -0.497. The van der Waals surface area contributed by atoms with Gasteiger partial charge in [0.1, 0.15) is 0 Å². The van der Waals surface area contributed by atoms with E-state index in [1.807, 2.05) is 43.3 Å². The molecule has 1 fully saturated rings.